The fourth-order valence-electron chi connectivity index (χ4n) is 2.71. The number of hydrogen-bond donors (Lipinski definition) is 0. The Labute approximate surface area is 106 Å². The molecule has 2 heterocycles. The lowest BCUT2D eigenvalue weighted by molar-refractivity contribution is 1.04. The molecule has 0 bridgehead atoms. The number of aromatic nitrogens is 2. The van der Waals surface area contributed by atoms with Gasteiger partial charge in [0, 0.05) is 12.0 Å². The normalized spacial score (nSPS) is 12.2. The van der Waals surface area contributed by atoms with Gasteiger partial charge in [0.2, 0.25) is 0 Å². The van der Waals surface area contributed by atoms with Gasteiger partial charge in [-0.1, -0.05) is 42.5 Å². The molecule has 0 saturated carbocycles. The Balaban J connectivity index is 2.12. The van der Waals surface area contributed by atoms with E-state index in [0.29, 0.717) is 0 Å². The predicted molar refractivity (Wildman–Crippen MR) is 71.8 cm³/mol. The van der Waals surface area contributed by atoms with Crippen LogP contribution in [0.1, 0.15) is 11.1 Å². The quantitative estimate of drug-likeness (QED) is 0.454. The summed E-state index contributed by atoms with van der Waals surface area (Å²) in [6.07, 6.45) is 4.82. The van der Waals surface area contributed by atoms with Crippen molar-refractivity contribution in [1.29, 1.82) is 0 Å². The second-order valence-corrected chi connectivity index (χ2v) is 4.61. The van der Waals surface area contributed by atoms with Crippen LogP contribution < -0.4 is 0 Å². The predicted octanol–water partition coefficient (Wildman–Crippen LogP) is 3.44. The zero-order chi connectivity index (χ0) is 11.9. The van der Waals surface area contributed by atoms with Crippen LogP contribution in [-0.4, -0.2) is 9.55 Å². The van der Waals surface area contributed by atoms with Crippen LogP contribution in [0.2, 0.25) is 0 Å². The summed E-state index contributed by atoms with van der Waals surface area (Å²) < 4.78 is 2.18. The van der Waals surface area contributed by atoms with Crippen molar-refractivity contribution in [2.24, 2.45) is 0 Å². The summed E-state index contributed by atoms with van der Waals surface area (Å²) in [5.41, 5.74) is 6.41. The summed E-state index contributed by atoms with van der Waals surface area (Å²) in [6.45, 7) is 0. The Bertz CT molecular complexity index is 665. The summed E-state index contributed by atoms with van der Waals surface area (Å²) in [5.74, 6) is 0. The highest BCUT2D eigenvalue weighted by atomic mass is 15.1. The molecule has 1 aliphatic rings. The largest absolute Gasteiger partial charge is 0.299 e. The van der Waals surface area contributed by atoms with Crippen molar-refractivity contribution in [1.82, 2.24) is 9.55 Å². The van der Waals surface area contributed by atoms with Gasteiger partial charge in [-0.2, -0.15) is 0 Å². The lowest BCUT2D eigenvalue weighted by Crippen LogP contribution is -1.96. The van der Waals surface area contributed by atoms with Crippen LogP contribution in [0.3, 0.4) is 0 Å². The van der Waals surface area contributed by atoms with E-state index < -0.39 is 0 Å². The van der Waals surface area contributed by atoms with E-state index in [1.807, 2.05) is 12.5 Å². The first-order valence-corrected chi connectivity index (χ1v) is 6.12. The third-order valence-electron chi connectivity index (χ3n) is 3.56. The summed E-state index contributed by atoms with van der Waals surface area (Å²) >= 11 is 0. The maximum absolute atomic E-state index is 4.31. The third-order valence-corrected chi connectivity index (χ3v) is 3.56. The highest BCUT2D eigenvalue weighted by molar-refractivity contribution is 5.69. The SMILES string of the molecule is c1ccc2c(c1)Cc1ccccc1-n1cncc1-2. The maximum atomic E-state index is 4.31. The minimum atomic E-state index is 0.980. The molecule has 0 saturated heterocycles. The van der Waals surface area contributed by atoms with Crippen LogP contribution in [0.25, 0.3) is 16.9 Å². The van der Waals surface area contributed by atoms with Crippen molar-refractivity contribution in [3.63, 3.8) is 0 Å². The van der Waals surface area contributed by atoms with E-state index in [4.69, 9.17) is 0 Å². The first-order valence-electron chi connectivity index (χ1n) is 6.12. The summed E-state index contributed by atoms with van der Waals surface area (Å²) in [6, 6.07) is 17.1. The molecule has 0 radical (unpaired) electrons. The van der Waals surface area contributed by atoms with Gasteiger partial charge in [0.15, 0.2) is 0 Å². The second-order valence-electron chi connectivity index (χ2n) is 4.61. The number of imidazole rings is 1. The monoisotopic (exact) mass is 232 g/mol. The summed E-state index contributed by atoms with van der Waals surface area (Å²) in [5, 5.41) is 0. The van der Waals surface area contributed by atoms with E-state index in [9.17, 15) is 0 Å². The minimum Gasteiger partial charge on any atom is -0.299 e. The van der Waals surface area contributed by atoms with Crippen molar-refractivity contribution in [2.75, 3.05) is 0 Å². The molecule has 86 valence electrons. The smallest absolute Gasteiger partial charge is 0.0997 e. The molecule has 0 amide bonds. The van der Waals surface area contributed by atoms with Crippen LogP contribution in [0.4, 0.5) is 0 Å². The van der Waals surface area contributed by atoms with E-state index in [1.54, 1.807) is 0 Å². The van der Waals surface area contributed by atoms with E-state index in [1.165, 1.54) is 28.1 Å². The molecule has 2 heteroatoms. The van der Waals surface area contributed by atoms with Crippen molar-refractivity contribution in [3.8, 4) is 16.9 Å². The van der Waals surface area contributed by atoms with Gasteiger partial charge < -0.3 is 0 Å². The first kappa shape index (κ1) is 9.66. The Morgan fingerprint density at radius 1 is 0.889 bits per heavy atom. The van der Waals surface area contributed by atoms with Gasteiger partial charge in [-0.3, -0.25) is 4.57 Å². The average molecular weight is 232 g/mol. The van der Waals surface area contributed by atoms with Gasteiger partial charge in [0.05, 0.1) is 23.9 Å². The number of benzene rings is 2. The minimum absolute atomic E-state index is 0.980. The van der Waals surface area contributed by atoms with E-state index >= 15 is 0 Å². The van der Waals surface area contributed by atoms with Gasteiger partial charge in [0.1, 0.15) is 0 Å². The van der Waals surface area contributed by atoms with Gasteiger partial charge in [-0.25, -0.2) is 4.98 Å². The number of rotatable bonds is 0. The topological polar surface area (TPSA) is 17.8 Å². The molecular weight excluding hydrogens is 220 g/mol. The van der Waals surface area contributed by atoms with Crippen molar-refractivity contribution < 1.29 is 0 Å². The number of para-hydroxylation sites is 1. The Morgan fingerprint density at radius 3 is 2.61 bits per heavy atom. The molecule has 0 N–H and O–H groups in total. The highest BCUT2D eigenvalue weighted by Crippen LogP contribution is 2.33. The first-order chi connectivity index (χ1) is 8.93. The van der Waals surface area contributed by atoms with E-state index in [-0.39, 0.29) is 0 Å². The fourth-order valence-corrected chi connectivity index (χ4v) is 2.71. The van der Waals surface area contributed by atoms with E-state index in [2.05, 4.69) is 58.1 Å². The van der Waals surface area contributed by atoms with Gasteiger partial charge in [-0.05, 0) is 17.2 Å². The molecule has 0 fully saturated rings. The molecule has 2 nitrogen and oxygen atoms in total. The zero-order valence-corrected chi connectivity index (χ0v) is 9.88. The molecule has 4 rings (SSSR count). The van der Waals surface area contributed by atoms with Crippen LogP contribution >= 0.6 is 0 Å². The lowest BCUT2D eigenvalue weighted by Gasteiger charge is -2.07. The number of nitrogens with zero attached hydrogens (tertiary/aromatic N) is 2. The van der Waals surface area contributed by atoms with Gasteiger partial charge >= 0.3 is 0 Å². The van der Waals surface area contributed by atoms with Crippen molar-refractivity contribution >= 4 is 0 Å². The molecule has 1 aliphatic heterocycles. The number of fused-ring (bicyclic) bond motifs is 5. The molecule has 0 atom stereocenters. The Hall–Kier alpha value is -2.35. The molecule has 0 unspecified atom stereocenters. The van der Waals surface area contributed by atoms with E-state index in [0.717, 1.165) is 6.42 Å². The van der Waals surface area contributed by atoms with Crippen LogP contribution in [0, 0.1) is 0 Å². The van der Waals surface area contributed by atoms with Crippen LogP contribution in [-0.2, 0) is 6.42 Å². The lowest BCUT2D eigenvalue weighted by atomic mass is 9.99. The summed E-state index contributed by atoms with van der Waals surface area (Å²) in [7, 11) is 0. The molecule has 1 aromatic heterocycles. The molecule has 2 aromatic carbocycles. The summed E-state index contributed by atoms with van der Waals surface area (Å²) in [4.78, 5) is 4.31. The van der Waals surface area contributed by atoms with Crippen molar-refractivity contribution in [3.05, 3.63) is 72.2 Å². The number of hydrogen-bond acceptors (Lipinski definition) is 1. The molecule has 0 spiro atoms. The fraction of sp³-hybridized carbons (Fsp3) is 0.0625. The second kappa shape index (κ2) is 3.57. The molecule has 3 aromatic rings. The third kappa shape index (κ3) is 1.26. The Morgan fingerprint density at radius 2 is 1.67 bits per heavy atom. The zero-order valence-electron chi connectivity index (χ0n) is 9.88. The van der Waals surface area contributed by atoms with Gasteiger partial charge in [0.25, 0.3) is 0 Å². The van der Waals surface area contributed by atoms with Crippen molar-refractivity contribution in [2.45, 2.75) is 6.42 Å². The van der Waals surface area contributed by atoms with Crippen LogP contribution in [0.15, 0.2) is 61.1 Å². The highest BCUT2D eigenvalue weighted by Gasteiger charge is 2.17. The van der Waals surface area contributed by atoms with Crippen LogP contribution in [0.5, 0.6) is 0 Å². The molecule has 18 heavy (non-hydrogen) atoms. The molecular formula is C16H12N2. The molecule has 0 aliphatic carbocycles. The average Bonchev–Trinajstić information content (AvgIpc) is 2.84. The van der Waals surface area contributed by atoms with Gasteiger partial charge in [-0.15, -0.1) is 0 Å². The standard InChI is InChI=1S/C16H12N2/c1-3-7-14-12(5-1)9-13-6-2-4-8-15(13)18-11-17-10-16(14)18/h1-8,10-11H,9H2. The Kier molecular flexibility index (Phi) is 1.92. The maximum Gasteiger partial charge on any atom is 0.0997 e.